The summed E-state index contributed by atoms with van der Waals surface area (Å²) in [7, 11) is 0. The molecule has 0 unspecified atom stereocenters. The molecule has 78 valence electrons. The van der Waals surface area contributed by atoms with Crippen LogP contribution in [0.5, 0.6) is 0 Å². The second kappa shape index (κ2) is 4.71. The number of rotatable bonds is 2. The maximum absolute atomic E-state index is 4.21. The van der Waals surface area contributed by atoms with E-state index in [1.54, 1.807) is 11.3 Å². The van der Waals surface area contributed by atoms with Gasteiger partial charge in [0.15, 0.2) is 3.92 Å². The summed E-state index contributed by atoms with van der Waals surface area (Å²) in [5.41, 5.74) is 0. The summed E-state index contributed by atoms with van der Waals surface area (Å²) in [6.45, 7) is 2.30. The lowest BCUT2D eigenvalue weighted by Gasteiger charge is -2.25. The molecule has 1 aromatic rings. The van der Waals surface area contributed by atoms with E-state index in [9.17, 15) is 0 Å². The summed E-state index contributed by atoms with van der Waals surface area (Å²) < 4.78 is 0.921. The Balaban J connectivity index is 1.95. The van der Waals surface area contributed by atoms with E-state index in [4.69, 9.17) is 0 Å². The van der Waals surface area contributed by atoms with Crippen molar-refractivity contribution >= 4 is 27.3 Å². The third-order valence-electron chi connectivity index (χ3n) is 3.19. The summed E-state index contributed by atoms with van der Waals surface area (Å²) >= 11 is 5.07. The van der Waals surface area contributed by atoms with E-state index in [-0.39, 0.29) is 0 Å². The maximum atomic E-state index is 4.21. The minimum Gasteiger partial charge on any atom is -0.142 e. The normalized spacial score (nSPS) is 27.9. The molecule has 14 heavy (non-hydrogen) atoms. The molecule has 1 saturated carbocycles. The predicted octanol–water partition coefficient (Wildman–Crippen LogP) is 3.98. The molecule has 2 rings (SSSR count). The quantitative estimate of drug-likeness (QED) is 0.815. The largest absolute Gasteiger partial charge is 0.183 e. The van der Waals surface area contributed by atoms with Gasteiger partial charge >= 0.3 is 0 Å². The fourth-order valence-electron chi connectivity index (χ4n) is 2.20. The Kier molecular flexibility index (Phi) is 3.55. The number of aromatic nitrogens is 2. The summed E-state index contributed by atoms with van der Waals surface area (Å²) in [5.74, 6) is 1.64. The zero-order valence-electron chi connectivity index (χ0n) is 8.37. The molecule has 0 atom stereocenters. The van der Waals surface area contributed by atoms with Crippen LogP contribution in [0.25, 0.3) is 0 Å². The summed E-state index contributed by atoms with van der Waals surface area (Å²) in [5, 5.41) is 9.46. The smallest absolute Gasteiger partial charge is 0.142 e. The van der Waals surface area contributed by atoms with E-state index in [1.807, 2.05) is 0 Å². The van der Waals surface area contributed by atoms with Crippen LogP contribution in [0.1, 0.15) is 50.0 Å². The molecule has 1 aliphatic rings. The highest BCUT2D eigenvalue weighted by Crippen LogP contribution is 2.38. The number of hydrogen-bond donors (Lipinski definition) is 0. The van der Waals surface area contributed by atoms with Gasteiger partial charge in [0.1, 0.15) is 5.01 Å². The molecule has 0 spiro atoms. The fraction of sp³-hybridized carbons (Fsp3) is 0.800. The van der Waals surface area contributed by atoms with Crippen molar-refractivity contribution in [3.05, 3.63) is 8.92 Å². The van der Waals surface area contributed by atoms with Crippen LogP contribution in [0, 0.1) is 5.92 Å². The molecule has 0 saturated heterocycles. The van der Waals surface area contributed by atoms with Gasteiger partial charge in [-0.05, 0) is 47.5 Å². The van der Waals surface area contributed by atoms with Crippen LogP contribution in [-0.2, 0) is 0 Å². The molecule has 4 heteroatoms. The molecule has 1 heterocycles. The first kappa shape index (κ1) is 10.6. The van der Waals surface area contributed by atoms with Crippen molar-refractivity contribution in [2.45, 2.75) is 44.9 Å². The van der Waals surface area contributed by atoms with Crippen LogP contribution in [-0.4, -0.2) is 10.2 Å². The van der Waals surface area contributed by atoms with Crippen molar-refractivity contribution in [2.75, 3.05) is 0 Å². The van der Waals surface area contributed by atoms with Crippen molar-refractivity contribution in [3.63, 3.8) is 0 Å². The standard InChI is InChI=1S/C10H15BrN2S/c1-2-7-3-5-8(6-4-7)9-12-13-10(11)14-9/h7-8H,2-6H2,1H3. The average molecular weight is 275 g/mol. The highest BCUT2D eigenvalue weighted by molar-refractivity contribution is 9.11. The summed E-state index contributed by atoms with van der Waals surface area (Å²) in [4.78, 5) is 0. The molecular weight excluding hydrogens is 260 g/mol. The Hall–Kier alpha value is 0.0400. The molecule has 1 aromatic heterocycles. The van der Waals surface area contributed by atoms with E-state index >= 15 is 0 Å². The molecule has 0 aliphatic heterocycles. The highest BCUT2D eigenvalue weighted by Gasteiger charge is 2.23. The van der Waals surface area contributed by atoms with Gasteiger partial charge in [0.25, 0.3) is 0 Å². The van der Waals surface area contributed by atoms with Gasteiger partial charge in [-0.2, -0.15) is 0 Å². The van der Waals surface area contributed by atoms with Crippen LogP contribution in [0.3, 0.4) is 0 Å². The molecule has 0 radical (unpaired) electrons. The van der Waals surface area contributed by atoms with Crippen LogP contribution in [0.15, 0.2) is 3.92 Å². The lowest BCUT2D eigenvalue weighted by Crippen LogP contribution is -2.12. The first-order valence-electron chi connectivity index (χ1n) is 5.28. The third-order valence-corrected chi connectivity index (χ3v) is 4.71. The lowest BCUT2D eigenvalue weighted by molar-refractivity contribution is 0.317. The van der Waals surface area contributed by atoms with Crippen LogP contribution in [0.4, 0.5) is 0 Å². The molecule has 1 aliphatic carbocycles. The Labute approximate surface area is 97.3 Å². The zero-order valence-corrected chi connectivity index (χ0v) is 10.8. The second-order valence-electron chi connectivity index (χ2n) is 4.02. The molecule has 0 amide bonds. The van der Waals surface area contributed by atoms with Crippen molar-refractivity contribution in [2.24, 2.45) is 5.92 Å². The fourth-order valence-corrected chi connectivity index (χ4v) is 3.51. The van der Waals surface area contributed by atoms with Gasteiger partial charge in [0.2, 0.25) is 0 Å². The maximum Gasteiger partial charge on any atom is 0.183 e. The van der Waals surface area contributed by atoms with Crippen molar-refractivity contribution in [1.29, 1.82) is 0 Å². The Bertz CT molecular complexity index is 292. The van der Waals surface area contributed by atoms with Crippen molar-refractivity contribution < 1.29 is 0 Å². The van der Waals surface area contributed by atoms with Gasteiger partial charge in [0.05, 0.1) is 0 Å². The SMILES string of the molecule is CCC1CCC(c2nnc(Br)s2)CC1. The minimum atomic E-state index is 0.682. The van der Waals surface area contributed by atoms with Gasteiger partial charge in [-0.15, -0.1) is 10.2 Å². The van der Waals surface area contributed by atoms with E-state index < -0.39 is 0 Å². The number of hydrogen-bond acceptors (Lipinski definition) is 3. The third kappa shape index (κ3) is 2.34. The summed E-state index contributed by atoms with van der Waals surface area (Å²) in [6.07, 6.45) is 6.70. The van der Waals surface area contributed by atoms with E-state index in [1.165, 1.54) is 37.1 Å². The molecule has 0 aromatic carbocycles. The van der Waals surface area contributed by atoms with E-state index in [0.29, 0.717) is 5.92 Å². The van der Waals surface area contributed by atoms with Gasteiger partial charge in [-0.25, -0.2) is 0 Å². The first-order chi connectivity index (χ1) is 6.79. The van der Waals surface area contributed by atoms with Crippen LogP contribution >= 0.6 is 27.3 Å². The van der Waals surface area contributed by atoms with Crippen LogP contribution < -0.4 is 0 Å². The van der Waals surface area contributed by atoms with Gasteiger partial charge in [0, 0.05) is 5.92 Å². The minimum absolute atomic E-state index is 0.682. The van der Waals surface area contributed by atoms with E-state index in [0.717, 1.165) is 9.83 Å². The summed E-state index contributed by atoms with van der Waals surface area (Å²) in [6, 6.07) is 0. The zero-order chi connectivity index (χ0) is 9.97. The molecular formula is C10H15BrN2S. The Morgan fingerprint density at radius 3 is 2.50 bits per heavy atom. The lowest BCUT2D eigenvalue weighted by atomic mass is 9.81. The number of nitrogens with zero attached hydrogens (tertiary/aromatic N) is 2. The number of halogens is 1. The predicted molar refractivity (Wildman–Crippen MR) is 62.6 cm³/mol. The highest BCUT2D eigenvalue weighted by atomic mass is 79.9. The second-order valence-corrected chi connectivity index (χ2v) is 6.30. The molecule has 2 nitrogen and oxygen atoms in total. The van der Waals surface area contributed by atoms with E-state index in [2.05, 4.69) is 33.1 Å². The Morgan fingerprint density at radius 1 is 1.29 bits per heavy atom. The first-order valence-corrected chi connectivity index (χ1v) is 6.89. The molecule has 0 N–H and O–H groups in total. The van der Waals surface area contributed by atoms with Gasteiger partial charge < -0.3 is 0 Å². The van der Waals surface area contributed by atoms with Crippen LogP contribution in [0.2, 0.25) is 0 Å². The topological polar surface area (TPSA) is 25.8 Å². The van der Waals surface area contributed by atoms with Gasteiger partial charge in [-0.1, -0.05) is 24.7 Å². The van der Waals surface area contributed by atoms with Crippen molar-refractivity contribution in [3.8, 4) is 0 Å². The van der Waals surface area contributed by atoms with Gasteiger partial charge in [-0.3, -0.25) is 0 Å². The molecule has 0 bridgehead atoms. The van der Waals surface area contributed by atoms with Crippen molar-refractivity contribution in [1.82, 2.24) is 10.2 Å². The monoisotopic (exact) mass is 274 g/mol. The average Bonchev–Trinajstić information content (AvgIpc) is 2.65. The Morgan fingerprint density at radius 2 is 2.00 bits per heavy atom. The molecule has 1 fully saturated rings.